The molecule has 0 saturated heterocycles. The first-order chi connectivity index (χ1) is 19.3. The first-order valence-electron chi connectivity index (χ1n) is 13.4. The normalized spacial score (nSPS) is 14.4. The molecule has 5 N–H and O–H groups in total. The molecule has 0 aliphatic heterocycles. The number of urea groups is 1. The second-order valence-corrected chi connectivity index (χ2v) is 10.4. The molecule has 0 aromatic heterocycles. The summed E-state index contributed by atoms with van der Waals surface area (Å²) in [5, 5.41) is 19.8. The molecule has 4 rings (SSSR count). The fraction of sp³-hybridized carbons (Fsp3) is 0.300. The highest BCUT2D eigenvalue weighted by molar-refractivity contribution is 6.30. The van der Waals surface area contributed by atoms with Crippen molar-refractivity contribution in [1.82, 2.24) is 10.6 Å². The van der Waals surface area contributed by atoms with Gasteiger partial charge >= 0.3 is 6.03 Å². The molecule has 1 fully saturated rings. The van der Waals surface area contributed by atoms with Crippen LogP contribution >= 0.6 is 11.6 Å². The van der Waals surface area contributed by atoms with Crippen LogP contribution < -0.4 is 21.4 Å². The van der Waals surface area contributed by atoms with E-state index >= 15 is 0 Å². The van der Waals surface area contributed by atoms with Crippen molar-refractivity contribution in [1.29, 1.82) is 5.41 Å². The van der Waals surface area contributed by atoms with Gasteiger partial charge in [0.25, 0.3) is 5.91 Å². The SMILES string of the molecule is CC(NC(=O)N(Cc1ccc(C(=O)NC(=N)/N=N\N)cc1)c1ccc(C2CCCCC2)cc1)c1ccc(Cl)cc1. The molecule has 1 aliphatic rings. The average Bonchev–Trinajstić information content (AvgIpc) is 2.97. The zero-order valence-electron chi connectivity index (χ0n) is 22.4. The highest BCUT2D eigenvalue weighted by Gasteiger charge is 2.21. The maximum absolute atomic E-state index is 13.6. The second-order valence-electron chi connectivity index (χ2n) is 9.95. The minimum absolute atomic E-state index is 0.235. The molecule has 1 saturated carbocycles. The Bertz CT molecular complexity index is 1340. The van der Waals surface area contributed by atoms with Crippen LogP contribution in [0, 0.1) is 5.41 Å². The van der Waals surface area contributed by atoms with Crippen molar-refractivity contribution >= 4 is 35.2 Å². The fourth-order valence-corrected chi connectivity index (χ4v) is 5.07. The highest BCUT2D eigenvalue weighted by atomic mass is 35.5. The highest BCUT2D eigenvalue weighted by Crippen LogP contribution is 2.33. The van der Waals surface area contributed by atoms with Gasteiger partial charge in [0, 0.05) is 16.3 Å². The number of nitrogens with zero attached hydrogens (tertiary/aromatic N) is 3. The fourth-order valence-electron chi connectivity index (χ4n) is 4.95. The lowest BCUT2D eigenvalue weighted by Crippen LogP contribution is -2.40. The molecule has 3 aromatic carbocycles. The molecule has 0 bridgehead atoms. The lowest BCUT2D eigenvalue weighted by molar-refractivity contribution is 0.0976. The number of carbonyl (C=O) groups excluding carboxylic acids is 2. The minimum atomic E-state index is -0.506. The molecule has 0 heterocycles. The summed E-state index contributed by atoms with van der Waals surface area (Å²) in [6.45, 7) is 2.22. The number of carbonyl (C=O) groups is 2. The zero-order valence-corrected chi connectivity index (χ0v) is 23.2. The van der Waals surface area contributed by atoms with Crippen molar-refractivity contribution in [2.75, 3.05) is 4.90 Å². The quantitative estimate of drug-likeness (QED) is 0.0827. The monoisotopic (exact) mass is 559 g/mol. The number of guanidine groups is 1. The number of amides is 3. The Labute approximate surface area is 239 Å². The van der Waals surface area contributed by atoms with E-state index in [2.05, 4.69) is 33.1 Å². The Hall–Kier alpha value is -4.24. The van der Waals surface area contributed by atoms with Gasteiger partial charge in [0.05, 0.1) is 12.6 Å². The molecule has 1 aliphatic carbocycles. The summed E-state index contributed by atoms with van der Waals surface area (Å²) in [6, 6.07) is 22.0. The first kappa shape index (κ1) is 28.8. The molecule has 0 radical (unpaired) electrons. The number of hydrogen-bond donors (Lipinski definition) is 4. The molecule has 0 spiro atoms. The van der Waals surface area contributed by atoms with Gasteiger partial charge in [-0.3, -0.25) is 20.4 Å². The number of nitrogens with one attached hydrogen (secondary N) is 3. The van der Waals surface area contributed by atoms with Crippen LogP contribution in [0.2, 0.25) is 5.02 Å². The van der Waals surface area contributed by atoms with E-state index in [0.29, 0.717) is 23.0 Å². The Morgan fingerprint density at radius 2 is 1.65 bits per heavy atom. The Morgan fingerprint density at radius 3 is 2.27 bits per heavy atom. The van der Waals surface area contributed by atoms with Crippen molar-refractivity contribution in [3.8, 4) is 0 Å². The third-order valence-electron chi connectivity index (χ3n) is 7.18. The van der Waals surface area contributed by atoms with Crippen LogP contribution in [0.5, 0.6) is 0 Å². The molecule has 208 valence electrons. The van der Waals surface area contributed by atoms with Crippen molar-refractivity contribution in [2.45, 2.75) is 57.5 Å². The van der Waals surface area contributed by atoms with Gasteiger partial charge in [0.2, 0.25) is 5.96 Å². The summed E-state index contributed by atoms with van der Waals surface area (Å²) in [5.41, 5.74) is 4.21. The van der Waals surface area contributed by atoms with Gasteiger partial charge in [0.15, 0.2) is 0 Å². The summed E-state index contributed by atoms with van der Waals surface area (Å²) in [4.78, 5) is 27.7. The van der Waals surface area contributed by atoms with Gasteiger partial charge in [0.1, 0.15) is 0 Å². The molecular formula is C30H34ClN7O2. The van der Waals surface area contributed by atoms with Gasteiger partial charge < -0.3 is 11.2 Å². The maximum atomic E-state index is 13.6. The van der Waals surface area contributed by atoms with Crippen molar-refractivity contribution < 1.29 is 9.59 Å². The molecular weight excluding hydrogens is 526 g/mol. The van der Waals surface area contributed by atoms with Gasteiger partial charge in [-0.15, -0.1) is 0 Å². The topological polar surface area (TPSA) is 136 Å². The van der Waals surface area contributed by atoms with Gasteiger partial charge in [-0.25, -0.2) is 4.79 Å². The van der Waals surface area contributed by atoms with Gasteiger partial charge in [-0.1, -0.05) is 77.6 Å². The molecule has 1 atom stereocenters. The molecule has 3 aromatic rings. The van der Waals surface area contributed by atoms with Crippen LogP contribution in [0.3, 0.4) is 0 Å². The van der Waals surface area contributed by atoms with Crippen molar-refractivity contribution in [2.24, 2.45) is 16.2 Å². The predicted octanol–water partition coefficient (Wildman–Crippen LogP) is 6.86. The molecule has 9 nitrogen and oxygen atoms in total. The third kappa shape index (κ3) is 7.66. The van der Waals surface area contributed by atoms with E-state index in [4.69, 9.17) is 22.9 Å². The predicted molar refractivity (Wildman–Crippen MR) is 158 cm³/mol. The van der Waals surface area contributed by atoms with Crippen LogP contribution in [0.25, 0.3) is 0 Å². The number of anilines is 1. The number of rotatable bonds is 7. The lowest BCUT2D eigenvalue weighted by Gasteiger charge is -2.27. The van der Waals surface area contributed by atoms with E-state index in [1.807, 2.05) is 31.2 Å². The molecule has 1 unspecified atom stereocenters. The lowest BCUT2D eigenvalue weighted by atomic mass is 9.84. The Balaban J connectivity index is 1.53. The van der Waals surface area contributed by atoms with Crippen LogP contribution in [-0.2, 0) is 6.54 Å². The smallest absolute Gasteiger partial charge is 0.322 e. The summed E-state index contributed by atoms with van der Waals surface area (Å²) in [7, 11) is 0. The molecule has 10 heteroatoms. The van der Waals surface area contributed by atoms with E-state index in [-0.39, 0.29) is 12.1 Å². The summed E-state index contributed by atoms with van der Waals surface area (Å²) < 4.78 is 0. The summed E-state index contributed by atoms with van der Waals surface area (Å²) in [5.74, 6) is 4.53. The van der Waals surface area contributed by atoms with Crippen molar-refractivity contribution in [3.63, 3.8) is 0 Å². The van der Waals surface area contributed by atoms with Gasteiger partial charge in [-0.05, 0) is 78.8 Å². The van der Waals surface area contributed by atoms with E-state index in [9.17, 15) is 9.59 Å². The number of hydrogen-bond acceptors (Lipinski definition) is 4. The van der Waals surface area contributed by atoms with E-state index in [1.165, 1.54) is 37.7 Å². The Kier molecular flexibility index (Phi) is 9.86. The minimum Gasteiger partial charge on any atom is -0.331 e. The third-order valence-corrected chi connectivity index (χ3v) is 7.43. The summed E-state index contributed by atoms with van der Waals surface area (Å²) in [6.07, 6.45) is 6.23. The van der Waals surface area contributed by atoms with E-state index < -0.39 is 11.9 Å². The number of benzene rings is 3. The van der Waals surface area contributed by atoms with E-state index in [0.717, 1.165) is 16.8 Å². The van der Waals surface area contributed by atoms with Crippen LogP contribution in [-0.4, -0.2) is 17.9 Å². The van der Waals surface area contributed by atoms with Crippen LogP contribution in [0.15, 0.2) is 83.1 Å². The Morgan fingerprint density at radius 1 is 1.00 bits per heavy atom. The second kappa shape index (κ2) is 13.7. The van der Waals surface area contributed by atoms with Crippen LogP contribution in [0.4, 0.5) is 10.5 Å². The zero-order chi connectivity index (χ0) is 28.5. The van der Waals surface area contributed by atoms with E-state index in [1.54, 1.807) is 41.3 Å². The number of halogens is 1. The molecule has 3 amide bonds. The first-order valence-corrected chi connectivity index (χ1v) is 13.7. The van der Waals surface area contributed by atoms with Crippen molar-refractivity contribution in [3.05, 3.63) is 100 Å². The van der Waals surface area contributed by atoms with Crippen LogP contribution in [0.1, 0.15) is 78.0 Å². The largest absolute Gasteiger partial charge is 0.331 e. The maximum Gasteiger partial charge on any atom is 0.322 e. The molecule has 40 heavy (non-hydrogen) atoms. The van der Waals surface area contributed by atoms with Gasteiger partial charge in [-0.2, -0.15) is 0 Å². The standard InChI is InChI=1S/C30H34ClN7O2/c1-20(22-11-15-26(31)16-12-22)34-30(40)38(27-17-13-24(14-18-27)23-5-3-2-4-6-23)19-21-7-9-25(10-8-21)28(39)35-29(32)36-37-33/h7-18,20,23H,2-6,19H2,1H3,(H,34,40)(H4,32,33,35,36,39). The summed E-state index contributed by atoms with van der Waals surface area (Å²) >= 11 is 6.04. The average molecular weight is 560 g/mol. The number of nitrogens with two attached hydrogens (primary N) is 1.